The van der Waals surface area contributed by atoms with Crippen molar-refractivity contribution in [3.63, 3.8) is 0 Å². The second-order valence-electron chi connectivity index (χ2n) is 5.88. The minimum Gasteiger partial charge on any atom is -0.325 e. The number of sulfonamides is 1. The predicted octanol–water partition coefficient (Wildman–Crippen LogP) is 3.75. The van der Waals surface area contributed by atoms with Gasteiger partial charge in [-0.05, 0) is 49.2 Å². The van der Waals surface area contributed by atoms with E-state index in [0.717, 1.165) is 17.4 Å². The zero-order valence-electron chi connectivity index (χ0n) is 14.4. The smallest absolute Gasteiger partial charge is 0.232 e. The van der Waals surface area contributed by atoms with Gasteiger partial charge in [-0.3, -0.25) is 9.10 Å². The van der Waals surface area contributed by atoms with Crippen molar-refractivity contribution in [2.75, 3.05) is 22.4 Å². The van der Waals surface area contributed by atoms with E-state index in [1.165, 1.54) is 4.31 Å². The second kappa shape index (κ2) is 7.89. The molecule has 0 bridgehead atoms. The van der Waals surface area contributed by atoms with Gasteiger partial charge in [-0.25, -0.2) is 8.42 Å². The minimum absolute atomic E-state index is 0.0191. The first-order chi connectivity index (χ1) is 11.7. The molecule has 25 heavy (non-hydrogen) atoms. The van der Waals surface area contributed by atoms with Crippen molar-refractivity contribution in [1.29, 1.82) is 0 Å². The molecule has 0 heterocycles. The molecule has 0 aliphatic rings. The number of nitrogens with one attached hydrogen (secondary N) is 1. The molecule has 5 nitrogen and oxygen atoms in total. The number of carbonyl (C=O) groups excluding carboxylic acids is 1. The number of carbonyl (C=O) groups is 1. The maximum absolute atomic E-state index is 12.2. The van der Waals surface area contributed by atoms with Crippen molar-refractivity contribution >= 4 is 38.9 Å². The topological polar surface area (TPSA) is 66.5 Å². The largest absolute Gasteiger partial charge is 0.325 e. The Kier molecular flexibility index (Phi) is 6.08. The van der Waals surface area contributed by atoms with Gasteiger partial charge in [-0.15, -0.1) is 0 Å². The van der Waals surface area contributed by atoms with Crippen LogP contribution in [0.4, 0.5) is 11.4 Å². The van der Waals surface area contributed by atoms with Crippen LogP contribution in [-0.4, -0.2) is 27.1 Å². The van der Waals surface area contributed by atoms with Crippen molar-refractivity contribution in [3.05, 3.63) is 58.6 Å². The average Bonchev–Trinajstić information content (AvgIpc) is 2.52. The van der Waals surface area contributed by atoms with Crippen LogP contribution in [0, 0.1) is 13.8 Å². The van der Waals surface area contributed by atoms with Gasteiger partial charge in [0.2, 0.25) is 15.9 Å². The molecule has 7 heteroatoms. The van der Waals surface area contributed by atoms with Gasteiger partial charge in [0.05, 0.1) is 22.7 Å². The summed E-state index contributed by atoms with van der Waals surface area (Å²) in [5, 5.41) is 3.13. The molecule has 0 saturated carbocycles. The molecular formula is C18H21ClN2O3S. The summed E-state index contributed by atoms with van der Waals surface area (Å²) in [6, 6.07) is 12.3. The fraction of sp³-hybridized carbons (Fsp3) is 0.278. The Labute approximate surface area is 153 Å². The van der Waals surface area contributed by atoms with Crippen molar-refractivity contribution in [3.8, 4) is 0 Å². The van der Waals surface area contributed by atoms with Gasteiger partial charge in [0.25, 0.3) is 0 Å². The normalized spacial score (nSPS) is 11.2. The van der Waals surface area contributed by atoms with E-state index in [1.807, 2.05) is 26.0 Å². The van der Waals surface area contributed by atoms with Gasteiger partial charge in [-0.1, -0.05) is 29.8 Å². The van der Waals surface area contributed by atoms with Gasteiger partial charge < -0.3 is 5.32 Å². The first kappa shape index (κ1) is 19.3. The third-order valence-corrected chi connectivity index (χ3v) is 5.39. The Morgan fingerprint density at radius 3 is 2.40 bits per heavy atom. The maximum atomic E-state index is 12.2. The van der Waals surface area contributed by atoms with Crippen LogP contribution in [0.5, 0.6) is 0 Å². The lowest BCUT2D eigenvalue weighted by atomic mass is 10.1. The number of hydrogen-bond donors (Lipinski definition) is 1. The monoisotopic (exact) mass is 380 g/mol. The number of amides is 1. The number of halogens is 1. The van der Waals surface area contributed by atoms with Gasteiger partial charge in [-0.2, -0.15) is 0 Å². The molecule has 134 valence electrons. The Hall–Kier alpha value is -2.05. The number of aryl methyl sites for hydroxylation is 2. The van der Waals surface area contributed by atoms with E-state index >= 15 is 0 Å². The lowest BCUT2D eigenvalue weighted by Crippen LogP contribution is -2.33. The van der Waals surface area contributed by atoms with Gasteiger partial charge >= 0.3 is 0 Å². The van der Waals surface area contributed by atoms with E-state index in [-0.39, 0.29) is 18.9 Å². The van der Waals surface area contributed by atoms with E-state index in [2.05, 4.69) is 5.32 Å². The number of anilines is 2. The molecule has 0 saturated heterocycles. The van der Waals surface area contributed by atoms with Crippen LogP contribution in [0.25, 0.3) is 0 Å². The summed E-state index contributed by atoms with van der Waals surface area (Å²) >= 11 is 6.01. The summed E-state index contributed by atoms with van der Waals surface area (Å²) in [7, 11) is -3.50. The van der Waals surface area contributed by atoms with Gasteiger partial charge in [0.15, 0.2) is 0 Å². The molecule has 0 aliphatic heterocycles. The fourth-order valence-electron chi connectivity index (χ4n) is 2.35. The van der Waals surface area contributed by atoms with E-state index < -0.39 is 10.0 Å². The molecule has 0 fully saturated rings. The zero-order chi connectivity index (χ0) is 18.6. The molecule has 2 rings (SSSR count). The van der Waals surface area contributed by atoms with E-state index in [1.54, 1.807) is 30.3 Å². The lowest BCUT2D eigenvalue weighted by molar-refractivity contribution is -0.116. The van der Waals surface area contributed by atoms with Crippen LogP contribution < -0.4 is 9.62 Å². The van der Waals surface area contributed by atoms with Crippen LogP contribution in [0.3, 0.4) is 0 Å². The molecular weight excluding hydrogens is 360 g/mol. The summed E-state index contributed by atoms with van der Waals surface area (Å²) in [5.41, 5.74) is 3.13. The van der Waals surface area contributed by atoms with Crippen molar-refractivity contribution in [1.82, 2.24) is 0 Å². The minimum atomic E-state index is -3.50. The number of rotatable bonds is 6. The SMILES string of the molecule is Cc1ccc(N(CCC(=O)Nc2ccccc2Cl)S(C)(=O)=O)cc1C. The summed E-state index contributed by atoms with van der Waals surface area (Å²) in [4.78, 5) is 12.2. The summed E-state index contributed by atoms with van der Waals surface area (Å²) in [6.07, 6.45) is 1.15. The van der Waals surface area contributed by atoms with Crippen LogP contribution in [0.15, 0.2) is 42.5 Å². The molecule has 1 amide bonds. The Morgan fingerprint density at radius 1 is 1.12 bits per heavy atom. The highest BCUT2D eigenvalue weighted by Crippen LogP contribution is 2.23. The summed E-state index contributed by atoms with van der Waals surface area (Å²) < 4.78 is 25.5. The third-order valence-electron chi connectivity index (χ3n) is 3.87. The molecule has 0 aliphatic carbocycles. The standard InChI is InChI=1S/C18H21ClN2O3S/c1-13-8-9-15(12-14(13)2)21(25(3,23)24)11-10-18(22)20-17-7-5-4-6-16(17)19/h4-9,12H,10-11H2,1-3H3,(H,20,22). The number of nitrogens with zero attached hydrogens (tertiary/aromatic N) is 1. The highest BCUT2D eigenvalue weighted by Gasteiger charge is 2.19. The highest BCUT2D eigenvalue weighted by atomic mass is 35.5. The summed E-state index contributed by atoms with van der Waals surface area (Å²) in [5.74, 6) is -0.300. The number of benzene rings is 2. The second-order valence-corrected chi connectivity index (χ2v) is 8.20. The quantitative estimate of drug-likeness (QED) is 0.829. The Morgan fingerprint density at radius 2 is 1.80 bits per heavy atom. The van der Waals surface area contributed by atoms with Crippen molar-refractivity contribution in [2.24, 2.45) is 0 Å². The van der Waals surface area contributed by atoms with E-state index in [0.29, 0.717) is 16.4 Å². The van der Waals surface area contributed by atoms with Crippen LogP contribution in [-0.2, 0) is 14.8 Å². The third kappa shape index (κ3) is 5.21. The fourth-order valence-corrected chi connectivity index (χ4v) is 3.45. The molecule has 0 spiro atoms. The van der Waals surface area contributed by atoms with Crippen LogP contribution >= 0.6 is 11.6 Å². The van der Waals surface area contributed by atoms with Crippen molar-refractivity contribution < 1.29 is 13.2 Å². The molecule has 0 radical (unpaired) electrons. The van der Waals surface area contributed by atoms with Gasteiger partial charge in [0, 0.05) is 13.0 Å². The maximum Gasteiger partial charge on any atom is 0.232 e. The molecule has 0 aromatic heterocycles. The Balaban J connectivity index is 2.12. The molecule has 0 unspecified atom stereocenters. The molecule has 1 N–H and O–H groups in total. The number of hydrogen-bond acceptors (Lipinski definition) is 3. The Bertz CT molecular complexity index is 882. The van der Waals surface area contributed by atoms with E-state index in [4.69, 9.17) is 11.6 Å². The first-order valence-electron chi connectivity index (χ1n) is 7.78. The van der Waals surface area contributed by atoms with Crippen molar-refractivity contribution in [2.45, 2.75) is 20.3 Å². The first-order valence-corrected chi connectivity index (χ1v) is 10.0. The predicted molar refractivity (Wildman–Crippen MR) is 103 cm³/mol. The summed E-state index contributed by atoms with van der Waals surface area (Å²) in [6.45, 7) is 3.93. The zero-order valence-corrected chi connectivity index (χ0v) is 16.0. The lowest BCUT2D eigenvalue weighted by Gasteiger charge is -2.23. The van der Waals surface area contributed by atoms with Crippen LogP contribution in [0.1, 0.15) is 17.5 Å². The number of para-hydroxylation sites is 1. The molecule has 2 aromatic carbocycles. The average molecular weight is 381 g/mol. The molecule has 2 aromatic rings. The highest BCUT2D eigenvalue weighted by molar-refractivity contribution is 7.92. The van der Waals surface area contributed by atoms with Gasteiger partial charge in [0.1, 0.15) is 0 Å². The van der Waals surface area contributed by atoms with Crippen LogP contribution in [0.2, 0.25) is 5.02 Å². The van der Waals surface area contributed by atoms with E-state index in [9.17, 15) is 13.2 Å². The molecule has 0 atom stereocenters.